The zero-order valence-corrected chi connectivity index (χ0v) is 36.4. The summed E-state index contributed by atoms with van der Waals surface area (Å²) in [6.07, 6.45) is -1.65. The number of hydrogen-bond acceptors (Lipinski definition) is 8. The Bertz CT molecular complexity index is 1420. The summed E-state index contributed by atoms with van der Waals surface area (Å²) in [6, 6.07) is 13.9. The molecule has 3 aliphatic rings. The van der Waals surface area contributed by atoms with Crippen LogP contribution < -0.4 is 4.74 Å². The van der Waals surface area contributed by atoms with Crippen molar-refractivity contribution in [2.24, 2.45) is 11.8 Å². The third-order valence-corrected chi connectivity index (χ3v) is 13.1. The van der Waals surface area contributed by atoms with Gasteiger partial charge in [-0.25, -0.2) is 0 Å². The van der Waals surface area contributed by atoms with Crippen LogP contribution in [0.5, 0.6) is 5.75 Å². The minimum absolute atomic E-state index is 0.262. The van der Waals surface area contributed by atoms with Gasteiger partial charge in [-0.1, -0.05) is 29.8 Å². The molecule has 5 rings (SSSR count). The summed E-state index contributed by atoms with van der Waals surface area (Å²) in [7, 11) is -8.52. The minimum atomic E-state index is -2.27. The maximum atomic E-state index is 13.0. The van der Waals surface area contributed by atoms with Crippen LogP contribution in [0.25, 0.3) is 0 Å². The van der Waals surface area contributed by atoms with Gasteiger partial charge in [0.05, 0.1) is 19.8 Å². The minimum Gasteiger partial charge on any atom is -0.490 e. The molecule has 1 aliphatic carbocycles. The van der Waals surface area contributed by atoms with Crippen molar-refractivity contribution in [1.29, 1.82) is 0 Å². The molecule has 0 bridgehead atoms. The van der Waals surface area contributed by atoms with Gasteiger partial charge in [-0.15, -0.1) is 0 Å². The molecule has 0 radical (unpaired) electrons. The van der Waals surface area contributed by atoms with Gasteiger partial charge in [0.15, 0.2) is 33.3 Å². The molecule has 2 heterocycles. The summed E-state index contributed by atoms with van der Waals surface area (Å²) in [5.41, 5.74) is 2.54. The molecular weight excluding hydrogens is 708 g/mol. The SMILES string of the molecule is C[Si](C)(C)OC[C@H]1OC(O)(c2ccc(Cl)c(Cc3ccc(OC4C5COCC54)cc3)c2)[C@H](O[Si](C)(C)C)[C@@H](O[Si](C)(C)C)[C@@H]1O[Si](C)(C)C. The second kappa shape index (κ2) is 14.5. The summed E-state index contributed by atoms with van der Waals surface area (Å²) < 4.78 is 45.9. The molecule has 2 aromatic rings. The molecule has 2 aliphatic heterocycles. The van der Waals surface area contributed by atoms with E-state index in [-0.39, 0.29) is 12.7 Å². The van der Waals surface area contributed by atoms with Gasteiger partial charge in [0.2, 0.25) is 5.79 Å². The lowest BCUT2D eigenvalue weighted by atomic mass is 9.87. The first-order valence-electron chi connectivity index (χ1n) is 17.7. The number of aliphatic hydroxyl groups is 1. The molecule has 3 unspecified atom stereocenters. The Labute approximate surface area is 303 Å². The molecule has 2 saturated heterocycles. The van der Waals surface area contributed by atoms with Crippen LogP contribution in [0.2, 0.25) is 83.6 Å². The van der Waals surface area contributed by atoms with E-state index in [0.717, 1.165) is 30.1 Å². The fourth-order valence-electron chi connectivity index (χ4n) is 6.64. The van der Waals surface area contributed by atoms with Gasteiger partial charge >= 0.3 is 0 Å². The molecule has 49 heavy (non-hydrogen) atoms. The Hall–Kier alpha value is -0.882. The van der Waals surface area contributed by atoms with E-state index in [1.807, 2.05) is 30.3 Å². The lowest BCUT2D eigenvalue weighted by Crippen LogP contribution is -2.69. The third kappa shape index (κ3) is 10.4. The summed E-state index contributed by atoms with van der Waals surface area (Å²) in [6.45, 7) is 27.7. The zero-order chi connectivity index (χ0) is 36.2. The molecule has 0 spiro atoms. The molecule has 0 amide bonds. The van der Waals surface area contributed by atoms with Gasteiger partial charge in [-0.2, -0.15) is 0 Å². The van der Waals surface area contributed by atoms with Gasteiger partial charge < -0.3 is 37.0 Å². The highest BCUT2D eigenvalue weighted by Crippen LogP contribution is 2.47. The molecule has 2 aromatic carbocycles. The number of hydrogen-bond donors (Lipinski definition) is 1. The number of ether oxygens (including phenoxy) is 3. The van der Waals surface area contributed by atoms with Crippen molar-refractivity contribution in [3.8, 4) is 5.75 Å². The number of rotatable bonds is 14. The number of fused-ring (bicyclic) bond motifs is 1. The molecule has 13 heteroatoms. The summed E-state index contributed by atoms with van der Waals surface area (Å²) >= 11 is 6.84. The number of benzene rings is 2. The summed E-state index contributed by atoms with van der Waals surface area (Å²) in [4.78, 5) is 0. The van der Waals surface area contributed by atoms with E-state index in [9.17, 15) is 5.11 Å². The van der Waals surface area contributed by atoms with Crippen LogP contribution in [-0.4, -0.2) is 88.7 Å². The lowest BCUT2D eigenvalue weighted by Gasteiger charge is -2.54. The highest BCUT2D eigenvalue weighted by molar-refractivity contribution is 6.71. The van der Waals surface area contributed by atoms with Crippen LogP contribution in [-0.2, 0) is 39.4 Å². The van der Waals surface area contributed by atoms with E-state index >= 15 is 0 Å². The van der Waals surface area contributed by atoms with Crippen LogP contribution in [0.4, 0.5) is 0 Å². The van der Waals surface area contributed by atoms with Crippen molar-refractivity contribution in [2.75, 3.05) is 19.8 Å². The Balaban J connectivity index is 1.50. The van der Waals surface area contributed by atoms with Crippen molar-refractivity contribution >= 4 is 44.9 Å². The first-order chi connectivity index (χ1) is 22.5. The molecule has 8 nitrogen and oxygen atoms in total. The Kier molecular flexibility index (Phi) is 11.6. The van der Waals surface area contributed by atoms with E-state index in [1.165, 1.54) is 0 Å². The van der Waals surface area contributed by atoms with Gasteiger partial charge in [0, 0.05) is 22.4 Å². The fourth-order valence-corrected chi connectivity index (χ4v) is 10.7. The van der Waals surface area contributed by atoms with Gasteiger partial charge in [-0.05, 0) is 120 Å². The predicted molar refractivity (Wildman–Crippen MR) is 206 cm³/mol. The second-order valence-electron chi connectivity index (χ2n) is 17.9. The summed E-state index contributed by atoms with van der Waals surface area (Å²) in [5, 5.41) is 13.6. The Morgan fingerprint density at radius 1 is 0.735 bits per heavy atom. The van der Waals surface area contributed by atoms with E-state index in [1.54, 1.807) is 0 Å². The van der Waals surface area contributed by atoms with Crippen molar-refractivity contribution in [2.45, 2.75) is 121 Å². The van der Waals surface area contributed by atoms with E-state index in [2.05, 4.69) is 90.7 Å². The quantitative estimate of drug-likeness (QED) is 0.194. The first kappa shape index (κ1) is 39.3. The van der Waals surface area contributed by atoms with E-state index in [4.69, 9.17) is 43.5 Å². The highest BCUT2D eigenvalue weighted by atomic mass is 35.5. The first-order valence-corrected chi connectivity index (χ1v) is 31.7. The lowest BCUT2D eigenvalue weighted by molar-refractivity contribution is -0.348. The van der Waals surface area contributed by atoms with Crippen LogP contribution in [0.15, 0.2) is 42.5 Å². The maximum Gasteiger partial charge on any atom is 0.221 e. The van der Waals surface area contributed by atoms with Crippen molar-refractivity contribution in [3.05, 3.63) is 64.2 Å². The van der Waals surface area contributed by atoms with Gasteiger partial charge in [0.1, 0.15) is 36.3 Å². The highest BCUT2D eigenvalue weighted by Gasteiger charge is 2.59. The molecule has 274 valence electrons. The zero-order valence-electron chi connectivity index (χ0n) is 31.6. The monoisotopic (exact) mass is 766 g/mol. The predicted octanol–water partition coefficient (Wildman–Crippen LogP) is 8.01. The van der Waals surface area contributed by atoms with Gasteiger partial charge in [0.25, 0.3) is 0 Å². The smallest absolute Gasteiger partial charge is 0.221 e. The molecule has 7 atom stereocenters. The largest absolute Gasteiger partial charge is 0.490 e. The van der Waals surface area contributed by atoms with Crippen molar-refractivity contribution < 1.29 is 37.0 Å². The maximum absolute atomic E-state index is 13.0. The van der Waals surface area contributed by atoms with Crippen molar-refractivity contribution in [3.63, 3.8) is 0 Å². The normalized spacial score (nSPS) is 30.7. The van der Waals surface area contributed by atoms with Crippen LogP contribution >= 0.6 is 11.6 Å². The molecule has 0 aromatic heterocycles. The third-order valence-electron chi connectivity index (χ3n) is 8.77. The topological polar surface area (TPSA) is 84.8 Å². The average molecular weight is 768 g/mol. The molecule has 1 N–H and O–H groups in total. The molecular formula is C36H59ClO8Si4. The molecule has 3 fully saturated rings. The van der Waals surface area contributed by atoms with Crippen LogP contribution in [0, 0.1) is 11.8 Å². The van der Waals surface area contributed by atoms with Gasteiger partial charge in [-0.3, -0.25) is 0 Å². The average Bonchev–Trinajstić information content (AvgIpc) is 3.35. The van der Waals surface area contributed by atoms with Crippen LogP contribution in [0.1, 0.15) is 16.7 Å². The number of halogens is 1. The second-order valence-corrected chi connectivity index (χ2v) is 36.2. The molecule has 1 saturated carbocycles. The Morgan fingerprint density at radius 2 is 1.31 bits per heavy atom. The standard InChI is InChI=1S/C36H59ClO8Si4/c1-46(2,3)40-23-31-33(43-47(4,5)6)34(44-48(7,8)9)35(45-49(10,11)12)36(38,42-31)26-15-18-30(37)25(20-26)19-24-13-16-27(17-14-24)41-32-28-21-39-22-29(28)32/h13-18,20,28-29,31-35,38H,19,21-23H2,1-12H3/t28?,29?,31-,32?,33-,34+,35-,36?/m1/s1. The summed E-state index contributed by atoms with van der Waals surface area (Å²) in [5.74, 6) is 0.0741. The Morgan fingerprint density at radius 3 is 1.86 bits per heavy atom. The van der Waals surface area contributed by atoms with E-state index in [0.29, 0.717) is 28.8 Å². The fraction of sp³-hybridized carbons (Fsp3) is 0.667. The van der Waals surface area contributed by atoms with Crippen LogP contribution in [0.3, 0.4) is 0 Å². The van der Waals surface area contributed by atoms with E-state index < -0.39 is 63.5 Å². The van der Waals surface area contributed by atoms with Crippen molar-refractivity contribution in [1.82, 2.24) is 0 Å².